The van der Waals surface area contributed by atoms with Crippen molar-refractivity contribution >= 4 is 0 Å². The fourth-order valence-corrected chi connectivity index (χ4v) is 2.17. The Labute approximate surface area is 116 Å². The lowest BCUT2D eigenvalue weighted by molar-refractivity contribution is 0.125. The third-order valence-corrected chi connectivity index (χ3v) is 3.43. The summed E-state index contributed by atoms with van der Waals surface area (Å²) >= 11 is 0. The molecule has 0 unspecified atom stereocenters. The molecular formula is C17H35O. The summed E-state index contributed by atoms with van der Waals surface area (Å²) < 4.78 is 5.64. The molecule has 1 radical (unpaired) electrons. The Morgan fingerprint density at radius 3 is 1.56 bits per heavy atom. The summed E-state index contributed by atoms with van der Waals surface area (Å²) in [6, 6.07) is 0. The molecule has 0 heterocycles. The van der Waals surface area contributed by atoms with Crippen molar-refractivity contribution in [3.8, 4) is 0 Å². The standard InChI is InChI=1S/C17H35O/c1-3-5-7-9-10-11-13-15-17-18-16-14-12-8-6-4-2/h2-17H2,1H3. The topological polar surface area (TPSA) is 9.23 Å². The minimum atomic E-state index is 0.966. The molecule has 18 heavy (non-hydrogen) atoms. The van der Waals surface area contributed by atoms with Gasteiger partial charge >= 0.3 is 0 Å². The van der Waals surface area contributed by atoms with Crippen LogP contribution in [0.25, 0.3) is 0 Å². The van der Waals surface area contributed by atoms with E-state index in [1.165, 1.54) is 77.0 Å². The van der Waals surface area contributed by atoms with Crippen molar-refractivity contribution < 1.29 is 4.74 Å². The first-order chi connectivity index (χ1) is 8.91. The number of rotatable bonds is 15. The Kier molecular flexibility index (Phi) is 16.9. The minimum Gasteiger partial charge on any atom is -0.381 e. The number of hydrogen-bond acceptors (Lipinski definition) is 1. The first-order valence-electron chi connectivity index (χ1n) is 8.28. The van der Waals surface area contributed by atoms with Gasteiger partial charge in [0.15, 0.2) is 0 Å². The summed E-state index contributed by atoms with van der Waals surface area (Å²) in [5.74, 6) is 0. The van der Waals surface area contributed by atoms with Crippen molar-refractivity contribution in [2.24, 2.45) is 0 Å². The molecule has 0 saturated carbocycles. The number of hydrogen-bond donors (Lipinski definition) is 0. The van der Waals surface area contributed by atoms with Gasteiger partial charge in [0.1, 0.15) is 0 Å². The molecule has 0 aromatic heterocycles. The van der Waals surface area contributed by atoms with E-state index in [2.05, 4.69) is 13.8 Å². The summed E-state index contributed by atoms with van der Waals surface area (Å²) in [5.41, 5.74) is 0. The molecule has 1 heteroatoms. The monoisotopic (exact) mass is 255 g/mol. The molecule has 0 N–H and O–H groups in total. The molecule has 0 rings (SSSR count). The third kappa shape index (κ3) is 16.0. The van der Waals surface area contributed by atoms with Gasteiger partial charge in [0, 0.05) is 13.2 Å². The molecule has 0 fully saturated rings. The van der Waals surface area contributed by atoms with Crippen LogP contribution >= 0.6 is 0 Å². The van der Waals surface area contributed by atoms with Crippen molar-refractivity contribution in [1.82, 2.24) is 0 Å². The molecule has 0 spiro atoms. The van der Waals surface area contributed by atoms with E-state index in [1.54, 1.807) is 0 Å². The molecule has 109 valence electrons. The van der Waals surface area contributed by atoms with E-state index >= 15 is 0 Å². The Hall–Kier alpha value is -0.0400. The molecular weight excluding hydrogens is 220 g/mol. The SMILES string of the molecule is [CH2]CCCCCCOCCCCCCCCCC. The van der Waals surface area contributed by atoms with E-state index in [1.807, 2.05) is 0 Å². The molecule has 1 nitrogen and oxygen atoms in total. The maximum absolute atomic E-state index is 5.64. The lowest BCUT2D eigenvalue weighted by Crippen LogP contribution is -1.97. The summed E-state index contributed by atoms with van der Waals surface area (Å²) in [6.45, 7) is 8.07. The predicted molar refractivity (Wildman–Crippen MR) is 81.9 cm³/mol. The van der Waals surface area contributed by atoms with Crippen LogP contribution in [0.5, 0.6) is 0 Å². The van der Waals surface area contributed by atoms with Crippen LogP contribution in [-0.2, 0) is 4.74 Å². The highest BCUT2D eigenvalue weighted by Gasteiger charge is 1.93. The smallest absolute Gasteiger partial charge is 0.0466 e. The fourth-order valence-electron chi connectivity index (χ4n) is 2.17. The average Bonchev–Trinajstić information content (AvgIpc) is 2.39. The van der Waals surface area contributed by atoms with Crippen molar-refractivity contribution in [3.63, 3.8) is 0 Å². The fraction of sp³-hybridized carbons (Fsp3) is 0.941. The van der Waals surface area contributed by atoms with E-state index < -0.39 is 0 Å². The van der Waals surface area contributed by atoms with Gasteiger partial charge in [0.05, 0.1) is 0 Å². The summed E-state index contributed by atoms with van der Waals surface area (Å²) in [7, 11) is 0. The van der Waals surface area contributed by atoms with Crippen LogP contribution in [-0.4, -0.2) is 13.2 Å². The molecule has 0 aromatic carbocycles. The molecule has 0 aliphatic heterocycles. The minimum absolute atomic E-state index is 0.966. The highest BCUT2D eigenvalue weighted by Crippen LogP contribution is 2.08. The maximum atomic E-state index is 5.64. The van der Waals surface area contributed by atoms with Gasteiger partial charge in [-0.15, -0.1) is 0 Å². The van der Waals surface area contributed by atoms with Crippen LogP contribution in [0.15, 0.2) is 0 Å². The van der Waals surface area contributed by atoms with Gasteiger partial charge in [0.2, 0.25) is 0 Å². The zero-order valence-electron chi connectivity index (χ0n) is 12.7. The van der Waals surface area contributed by atoms with Crippen molar-refractivity contribution in [2.75, 3.05) is 13.2 Å². The van der Waals surface area contributed by atoms with Crippen LogP contribution in [0.2, 0.25) is 0 Å². The first-order valence-corrected chi connectivity index (χ1v) is 8.28. The second kappa shape index (κ2) is 17.0. The molecule has 0 aliphatic rings. The molecule has 0 amide bonds. The normalized spacial score (nSPS) is 11.0. The maximum Gasteiger partial charge on any atom is 0.0466 e. The van der Waals surface area contributed by atoms with Gasteiger partial charge in [-0.1, -0.05) is 84.5 Å². The highest BCUT2D eigenvalue weighted by atomic mass is 16.5. The molecule has 0 saturated heterocycles. The van der Waals surface area contributed by atoms with E-state index in [4.69, 9.17) is 4.74 Å². The highest BCUT2D eigenvalue weighted by molar-refractivity contribution is 4.47. The van der Waals surface area contributed by atoms with Crippen molar-refractivity contribution in [1.29, 1.82) is 0 Å². The first kappa shape index (κ1) is 18.0. The average molecular weight is 255 g/mol. The van der Waals surface area contributed by atoms with Crippen LogP contribution < -0.4 is 0 Å². The molecule has 0 aliphatic carbocycles. The Balaban J connectivity index is 2.86. The van der Waals surface area contributed by atoms with Crippen molar-refractivity contribution in [2.45, 2.75) is 90.4 Å². The summed E-state index contributed by atoms with van der Waals surface area (Å²) in [5, 5.41) is 0. The van der Waals surface area contributed by atoms with Gasteiger partial charge in [-0.2, -0.15) is 0 Å². The van der Waals surface area contributed by atoms with Gasteiger partial charge in [-0.05, 0) is 12.8 Å². The van der Waals surface area contributed by atoms with Gasteiger partial charge in [-0.3, -0.25) is 0 Å². The van der Waals surface area contributed by atoms with Gasteiger partial charge in [0.25, 0.3) is 0 Å². The number of unbranched alkanes of at least 4 members (excludes halogenated alkanes) is 11. The van der Waals surface area contributed by atoms with Crippen LogP contribution in [0, 0.1) is 6.92 Å². The summed E-state index contributed by atoms with van der Waals surface area (Å²) in [6.07, 6.45) is 17.3. The molecule has 0 atom stereocenters. The second-order valence-corrected chi connectivity index (χ2v) is 5.36. The van der Waals surface area contributed by atoms with Crippen LogP contribution in [0.4, 0.5) is 0 Å². The summed E-state index contributed by atoms with van der Waals surface area (Å²) in [4.78, 5) is 0. The van der Waals surface area contributed by atoms with Crippen LogP contribution in [0.3, 0.4) is 0 Å². The predicted octanol–water partition coefficient (Wildman–Crippen LogP) is 5.93. The van der Waals surface area contributed by atoms with Crippen molar-refractivity contribution in [3.05, 3.63) is 6.92 Å². The molecule has 0 bridgehead atoms. The second-order valence-electron chi connectivity index (χ2n) is 5.36. The third-order valence-electron chi connectivity index (χ3n) is 3.43. The lowest BCUT2D eigenvalue weighted by Gasteiger charge is -2.04. The molecule has 0 aromatic rings. The van der Waals surface area contributed by atoms with Crippen LogP contribution in [0.1, 0.15) is 90.4 Å². The zero-order chi connectivity index (χ0) is 13.3. The Bertz CT molecular complexity index is 118. The Morgan fingerprint density at radius 1 is 0.611 bits per heavy atom. The van der Waals surface area contributed by atoms with E-state index in [-0.39, 0.29) is 0 Å². The number of ether oxygens (including phenoxy) is 1. The lowest BCUT2D eigenvalue weighted by atomic mass is 10.1. The largest absolute Gasteiger partial charge is 0.381 e. The van der Waals surface area contributed by atoms with E-state index in [9.17, 15) is 0 Å². The van der Waals surface area contributed by atoms with E-state index in [0.29, 0.717) is 0 Å². The van der Waals surface area contributed by atoms with Gasteiger partial charge in [-0.25, -0.2) is 0 Å². The zero-order valence-corrected chi connectivity index (χ0v) is 12.7. The quantitative estimate of drug-likeness (QED) is 0.330. The van der Waals surface area contributed by atoms with Gasteiger partial charge < -0.3 is 4.74 Å². The van der Waals surface area contributed by atoms with E-state index in [0.717, 1.165) is 19.6 Å². The Morgan fingerprint density at radius 2 is 1.06 bits per heavy atom.